The standard InChI is InChI=1S/C21H28N2O4/c1-12-9-19(24)27-20-15(4)21-17(10-16(12)20)14(3)18(26-21)11-25-8-7-23-6-5-13(2)22/h9-10,13,23H,5-8,11,22H2,1-4H3. The summed E-state index contributed by atoms with van der Waals surface area (Å²) in [6.45, 7) is 10.6. The number of aryl methyl sites for hydroxylation is 3. The Labute approximate surface area is 158 Å². The molecule has 146 valence electrons. The minimum absolute atomic E-state index is 0.212. The second-order valence-corrected chi connectivity index (χ2v) is 7.22. The van der Waals surface area contributed by atoms with Gasteiger partial charge in [0.05, 0.1) is 6.61 Å². The third-order valence-electron chi connectivity index (χ3n) is 4.90. The minimum Gasteiger partial charge on any atom is -0.458 e. The van der Waals surface area contributed by atoms with Crippen molar-refractivity contribution < 1.29 is 13.6 Å². The summed E-state index contributed by atoms with van der Waals surface area (Å²) in [4.78, 5) is 11.7. The average Bonchev–Trinajstić information content (AvgIpc) is 2.92. The Morgan fingerprint density at radius 2 is 1.81 bits per heavy atom. The molecular weight excluding hydrogens is 344 g/mol. The quantitative estimate of drug-likeness (QED) is 0.466. The van der Waals surface area contributed by atoms with E-state index in [9.17, 15) is 4.79 Å². The Morgan fingerprint density at radius 3 is 2.56 bits per heavy atom. The lowest BCUT2D eigenvalue weighted by Gasteiger charge is -2.07. The van der Waals surface area contributed by atoms with E-state index in [-0.39, 0.29) is 11.7 Å². The van der Waals surface area contributed by atoms with Gasteiger partial charge in [-0.25, -0.2) is 4.79 Å². The van der Waals surface area contributed by atoms with Crippen LogP contribution in [0.2, 0.25) is 0 Å². The number of hydrogen-bond acceptors (Lipinski definition) is 6. The van der Waals surface area contributed by atoms with Crippen LogP contribution in [0.4, 0.5) is 0 Å². The van der Waals surface area contributed by atoms with Crippen molar-refractivity contribution in [1.29, 1.82) is 0 Å². The normalized spacial score (nSPS) is 12.9. The van der Waals surface area contributed by atoms with E-state index < -0.39 is 0 Å². The van der Waals surface area contributed by atoms with Gasteiger partial charge >= 0.3 is 5.63 Å². The molecule has 3 N–H and O–H groups in total. The lowest BCUT2D eigenvalue weighted by molar-refractivity contribution is 0.109. The van der Waals surface area contributed by atoms with Gasteiger partial charge < -0.3 is 24.6 Å². The molecule has 2 heterocycles. The largest absolute Gasteiger partial charge is 0.458 e. The number of rotatable bonds is 8. The molecule has 0 amide bonds. The van der Waals surface area contributed by atoms with Crippen LogP contribution in [0.3, 0.4) is 0 Å². The van der Waals surface area contributed by atoms with Crippen LogP contribution in [0.1, 0.15) is 35.8 Å². The lowest BCUT2D eigenvalue weighted by Crippen LogP contribution is -2.26. The fourth-order valence-corrected chi connectivity index (χ4v) is 3.25. The number of furan rings is 1. The van der Waals surface area contributed by atoms with Gasteiger partial charge in [0.15, 0.2) is 0 Å². The van der Waals surface area contributed by atoms with E-state index in [1.54, 1.807) is 0 Å². The highest BCUT2D eigenvalue weighted by Crippen LogP contribution is 2.34. The lowest BCUT2D eigenvalue weighted by atomic mass is 10.0. The van der Waals surface area contributed by atoms with E-state index in [1.165, 1.54) is 6.07 Å². The first-order chi connectivity index (χ1) is 12.9. The predicted molar refractivity (Wildman–Crippen MR) is 107 cm³/mol. The van der Waals surface area contributed by atoms with Crippen molar-refractivity contribution >= 4 is 21.9 Å². The Bertz CT molecular complexity index is 1000. The zero-order valence-corrected chi connectivity index (χ0v) is 16.5. The van der Waals surface area contributed by atoms with Gasteiger partial charge in [-0.3, -0.25) is 0 Å². The maximum Gasteiger partial charge on any atom is 0.336 e. The first kappa shape index (κ1) is 19.6. The van der Waals surface area contributed by atoms with Gasteiger partial charge in [0.1, 0.15) is 23.5 Å². The van der Waals surface area contributed by atoms with Crippen LogP contribution in [0.15, 0.2) is 25.8 Å². The van der Waals surface area contributed by atoms with Gasteiger partial charge in [0.2, 0.25) is 0 Å². The van der Waals surface area contributed by atoms with Crippen molar-refractivity contribution in [3.63, 3.8) is 0 Å². The summed E-state index contributed by atoms with van der Waals surface area (Å²) >= 11 is 0. The molecule has 0 spiro atoms. The van der Waals surface area contributed by atoms with Crippen LogP contribution in [-0.2, 0) is 11.3 Å². The average molecular weight is 372 g/mol. The number of fused-ring (bicyclic) bond motifs is 2. The van der Waals surface area contributed by atoms with E-state index in [2.05, 4.69) is 5.32 Å². The molecule has 1 atom stereocenters. The topological polar surface area (TPSA) is 90.6 Å². The van der Waals surface area contributed by atoms with E-state index in [0.29, 0.717) is 18.8 Å². The molecule has 6 heteroatoms. The molecule has 0 aliphatic rings. The van der Waals surface area contributed by atoms with Crippen LogP contribution in [-0.4, -0.2) is 25.7 Å². The Balaban J connectivity index is 1.75. The summed E-state index contributed by atoms with van der Waals surface area (Å²) in [6, 6.07) is 3.77. The molecular formula is C21H28N2O4. The summed E-state index contributed by atoms with van der Waals surface area (Å²) < 4.78 is 17.2. The number of nitrogens with one attached hydrogen (secondary N) is 1. The monoisotopic (exact) mass is 372 g/mol. The Morgan fingerprint density at radius 1 is 1.07 bits per heavy atom. The molecule has 6 nitrogen and oxygen atoms in total. The van der Waals surface area contributed by atoms with Gasteiger partial charge in [-0.1, -0.05) is 0 Å². The molecule has 0 bridgehead atoms. The van der Waals surface area contributed by atoms with Crippen molar-refractivity contribution in [2.45, 2.75) is 46.8 Å². The van der Waals surface area contributed by atoms with Crippen LogP contribution in [0.25, 0.3) is 21.9 Å². The molecule has 0 saturated carbocycles. The molecule has 3 aromatic rings. The Kier molecular flexibility index (Phi) is 5.99. The molecule has 27 heavy (non-hydrogen) atoms. The summed E-state index contributed by atoms with van der Waals surface area (Å²) in [6.07, 6.45) is 0.949. The van der Waals surface area contributed by atoms with E-state index >= 15 is 0 Å². The summed E-state index contributed by atoms with van der Waals surface area (Å²) in [7, 11) is 0. The molecule has 1 unspecified atom stereocenters. The number of nitrogens with two attached hydrogens (primary N) is 1. The van der Waals surface area contributed by atoms with Crippen LogP contribution < -0.4 is 16.7 Å². The highest BCUT2D eigenvalue weighted by molar-refractivity contribution is 5.99. The van der Waals surface area contributed by atoms with Crippen molar-refractivity contribution in [2.24, 2.45) is 5.73 Å². The van der Waals surface area contributed by atoms with Gasteiger partial charge in [-0.15, -0.1) is 0 Å². The first-order valence-corrected chi connectivity index (χ1v) is 9.38. The van der Waals surface area contributed by atoms with Gasteiger partial charge in [-0.2, -0.15) is 0 Å². The second-order valence-electron chi connectivity index (χ2n) is 7.22. The maximum atomic E-state index is 11.7. The van der Waals surface area contributed by atoms with Gasteiger partial charge in [0, 0.05) is 40.6 Å². The zero-order valence-electron chi connectivity index (χ0n) is 16.5. The molecule has 0 aliphatic heterocycles. The summed E-state index contributed by atoms with van der Waals surface area (Å²) in [5, 5.41) is 5.28. The number of benzene rings is 1. The third-order valence-corrected chi connectivity index (χ3v) is 4.90. The molecule has 0 radical (unpaired) electrons. The smallest absolute Gasteiger partial charge is 0.336 e. The third kappa shape index (κ3) is 4.24. The fraction of sp³-hybridized carbons (Fsp3) is 0.476. The van der Waals surface area contributed by atoms with Crippen molar-refractivity contribution in [1.82, 2.24) is 5.32 Å². The van der Waals surface area contributed by atoms with Crippen LogP contribution in [0.5, 0.6) is 0 Å². The first-order valence-electron chi connectivity index (χ1n) is 9.38. The summed E-state index contributed by atoms with van der Waals surface area (Å²) in [5.41, 5.74) is 9.53. The molecule has 0 aliphatic carbocycles. The van der Waals surface area contributed by atoms with E-state index in [1.807, 2.05) is 33.8 Å². The maximum absolute atomic E-state index is 11.7. The van der Waals surface area contributed by atoms with Crippen molar-refractivity contribution in [3.05, 3.63) is 45.0 Å². The molecule has 0 fully saturated rings. The van der Waals surface area contributed by atoms with Gasteiger partial charge in [-0.05, 0) is 52.3 Å². The molecule has 1 aromatic carbocycles. The van der Waals surface area contributed by atoms with Crippen molar-refractivity contribution in [3.8, 4) is 0 Å². The highest BCUT2D eigenvalue weighted by Gasteiger charge is 2.17. The van der Waals surface area contributed by atoms with Crippen LogP contribution >= 0.6 is 0 Å². The molecule has 2 aromatic heterocycles. The highest BCUT2D eigenvalue weighted by atomic mass is 16.5. The number of hydrogen-bond donors (Lipinski definition) is 2. The van der Waals surface area contributed by atoms with E-state index in [4.69, 9.17) is 19.3 Å². The SMILES string of the molecule is Cc1cc(=O)oc2c(C)c3oc(COCCNCCC(C)N)c(C)c3cc12. The fourth-order valence-electron chi connectivity index (χ4n) is 3.25. The predicted octanol–water partition coefficient (Wildman–Crippen LogP) is 3.31. The Hall–Kier alpha value is -2.15. The molecule has 3 rings (SSSR count). The van der Waals surface area contributed by atoms with Crippen molar-refractivity contribution in [2.75, 3.05) is 19.7 Å². The molecule has 0 saturated heterocycles. The van der Waals surface area contributed by atoms with Gasteiger partial charge in [0.25, 0.3) is 0 Å². The minimum atomic E-state index is -0.342. The second kappa shape index (κ2) is 8.25. The zero-order chi connectivity index (χ0) is 19.6. The number of ether oxygens (including phenoxy) is 1. The van der Waals surface area contributed by atoms with Crippen LogP contribution in [0, 0.1) is 20.8 Å². The summed E-state index contributed by atoms with van der Waals surface area (Å²) in [5.74, 6) is 0.805. The van der Waals surface area contributed by atoms with E-state index in [0.717, 1.165) is 58.3 Å².